The zero-order valence-electron chi connectivity index (χ0n) is 11.7. The van der Waals surface area contributed by atoms with Gasteiger partial charge >= 0.3 is 6.09 Å². The number of carbonyl (C=O) groups is 1. The number of hydrogen-bond acceptors (Lipinski definition) is 3. The minimum absolute atomic E-state index is 0.347. The number of benzene rings is 1. The lowest BCUT2D eigenvalue weighted by atomic mass is 10.2. The summed E-state index contributed by atoms with van der Waals surface area (Å²) in [5.41, 5.74) is 2.93. The molecular weight excluding hydrogens is 252 g/mol. The first kappa shape index (κ1) is 14.1. The van der Waals surface area contributed by atoms with Crippen LogP contribution in [0.1, 0.15) is 18.1 Å². The molecule has 0 bridgehead atoms. The van der Waals surface area contributed by atoms with Gasteiger partial charge in [0.05, 0.1) is 13.2 Å². The quantitative estimate of drug-likeness (QED) is 0.853. The smallest absolute Gasteiger partial charge is 0.414 e. The van der Waals surface area contributed by atoms with Crippen LogP contribution >= 0.6 is 0 Å². The number of aromatic nitrogens is 1. The third kappa shape index (κ3) is 3.57. The zero-order valence-corrected chi connectivity index (χ0v) is 11.7. The number of amides is 1. The van der Waals surface area contributed by atoms with Crippen LogP contribution in [0.5, 0.6) is 0 Å². The predicted octanol–water partition coefficient (Wildman–Crippen LogP) is 3.55. The summed E-state index contributed by atoms with van der Waals surface area (Å²) in [7, 11) is 0. The van der Waals surface area contributed by atoms with Crippen molar-refractivity contribution in [3.8, 4) is 0 Å². The van der Waals surface area contributed by atoms with Gasteiger partial charge in [0.25, 0.3) is 0 Å². The second-order valence-corrected chi connectivity index (χ2v) is 4.48. The first-order valence-corrected chi connectivity index (χ1v) is 6.60. The third-order valence-corrected chi connectivity index (χ3v) is 2.90. The van der Waals surface area contributed by atoms with Crippen molar-refractivity contribution in [2.75, 3.05) is 11.5 Å². The van der Waals surface area contributed by atoms with Crippen LogP contribution in [0.15, 0.2) is 48.8 Å². The molecule has 0 aliphatic rings. The second kappa shape index (κ2) is 6.70. The van der Waals surface area contributed by atoms with Gasteiger partial charge in [-0.3, -0.25) is 9.88 Å². The van der Waals surface area contributed by atoms with Crippen LogP contribution in [0.2, 0.25) is 0 Å². The van der Waals surface area contributed by atoms with Crippen molar-refractivity contribution in [2.45, 2.75) is 20.4 Å². The van der Waals surface area contributed by atoms with E-state index >= 15 is 0 Å². The van der Waals surface area contributed by atoms with E-state index in [0.29, 0.717) is 13.2 Å². The summed E-state index contributed by atoms with van der Waals surface area (Å²) in [5, 5.41) is 0. The molecule has 1 aromatic carbocycles. The van der Waals surface area contributed by atoms with Crippen LogP contribution in [0.25, 0.3) is 0 Å². The number of hydrogen-bond donors (Lipinski definition) is 0. The number of rotatable bonds is 4. The van der Waals surface area contributed by atoms with Crippen LogP contribution in [0, 0.1) is 6.92 Å². The van der Waals surface area contributed by atoms with Crippen molar-refractivity contribution in [2.24, 2.45) is 0 Å². The molecule has 20 heavy (non-hydrogen) atoms. The van der Waals surface area contributed by atoms with E-state index in [1.165, 1.54) is 0 Å². The number of nitrogens with zero attached hydrogens (tertiary/aromatic N) is 2. The summed E-state index contributed by atoms with van der Waals surface area (Å²) < 4.78 is 5.13. The number of aryl methyl sites for hydroxylation is 1. The molecule has 104 valence electrons. The Morgan fingerprint density at radius 3 is 2.60 bits per heavy atom. The summed E-state index contributed by atoms with van der Waals surface area (Å²) in [4.78, 5) is 17.8. The van der Waals surface area contributed by atoms with Crippen LogP contribution in [-0.4, -0.2) is 17.7 Å². The normalized spacial score (nSPS) is 10.1. The Kier molecular flexibility index (Phi) is 4.71. The maximum Gasteiger partial charge on any atom is 0.414 e. The Hall–Kier alpha value is -2.36. The molecular formula is C16H18N2O2. The summed E-state index contributed by atoms with van der Waals surface area (Å²) in [6, 6.07) is 11.6. The highest BCUT2D eigenvalue weighted by atomic mass is 16.6. The molecule has 0 aliphatic carbocycles. The van der Waals surface area contributed by atoms with Gasteiger partial charge in [0, 0.05) is 18.1 Å². The van der Waals surface area contributed by atoms with E-state index in [4.69, 9.17) is 4.74 Å². The number of ether oxygens (including phenoxy) is 1. The predicted molar refractivity (Wildman–Crippen MR) is 78.6 cm³/mol. The Balaban J connectivity index is 2.25. The van der Waals surface area contributed by atoms with Crippen molar-refractivity contribution < 1.29 is 9.53 Å². The van der Waals surface area contributed by atoms with Gasteiger partial charge in [-0.1, -0.05) is 23.8 Å². The van der Waals surface area contributed by atoms with Gasteiger partial charge in [-0.2, -0.15) is 0 Å². The number of pyridine rings is 1. The highest BCUT2D eigenvalue weighted by Gasteiger charge is 2.17. The Morgan fingerprint density at radius 2 is 2.00 bits per heavy atom. The van der Waals surface area contributed by atoms with Gasteiger partial charge in [0.1, 0.15) is 0 Å². The van der Waals surface area contributed by atoms with Gasteiger partial charge in [-0.15, -0.1) is 0 Å². The van der Waals surface area contributed by atoms with E-state index in [0.717, 1.165) is 16.8 Å². The van der Waals surface area contributed by atoms with E-state index in [1.807, 2.05) is 43.3 Å². The monoisotopic (exact) mass is 270 g/mol. The van der Waals surface area contributed by atoms with Crippen molar-refractivity contribution in [3.05, 3.63) is 59.9 Å². The first-order valence-electron chi connectivity index (χ1n) is 6.60. The summed E-state index contributed by atoms with van der Waals surface area (Å²) in [6.07, 6.45) is 3.12. The molecule has 0 fully saturated rings. The first-order chi connectivity index (χ1) is 9.70. The number of anilines is 1. The molecule has 0 atom stereocenters. The Bertz CT molecular complexity index is 552. The molecule has 4 nitrogen and oxygen atoms in total. The average molecular weight is 270 g/mol. The zero-order chi connectivity index (χ0) is 14.4. The van der Waals surface area contributed by atoms with Crippen molar-refractivity contribution in [1.29, 1.82) is 0 Å². The standard InChI is InChI=1S/C16H18N2O2/c1-3-20-16(19)18(12-14-5-4-10-17-11-14)15-8-6-13(2)7-9-15/h4-11H,3,12H2,1-2H3. The largest absolute Gasteiger partial charge is 0.449 e. The molecule has 1 heterocycles. The molecule has 4 heteroatoms. The molecule has 0 radical (unpaired) electrons. The molecule has 1 amide bonds. The van der Waals surface area contributed by atoms with Gasteiger partial charge in [-0.05, 0) is 37.6 Å². The maximum absolute atomic E-state index is 12.1. The highest BCUT2D eigenvalue weighted by Crippen LogP contribution is 2.19. The van der Waals surface area contributed by atoms with E-state index in [-0.39, 0.29) is 6.09 Å². The van der Waals surface area contributed by atoms with Crippen LogP contribution in [0.4, 0.5) is 10.5 Å². The highest BCUT2D eigenvalue weighted by molar-refractivity contribution is 5.87. The van der Waals surface area contributed by atoms with Crippen molar-refractivity contribution in [3.63, 3.8) is 0 Å². The SMILES string of the molecule is CCOC(=O)N(Cc1cccnc1)c1ccc(C)cc1. The molecule has 0 spiro atoms. The molecule has 1 aromatic heterocycles. The lowest BCUT2D eigenvalue weighted by molar-refractivity contribution is 0.159. The van der Waals surface area contributed by atoms with E-state index in [1.54, 1.807) is 24.2 Å². The molecule has 2 rings (SSSR count). The van der Waals surface area contributed by atoms with Crippen molar-refractivity contribution in [1.82, 2.24) is 4.98 Å². The average Bonchev–Trinajstić information content (AvgIpc) is 2.47. The minimum Gasteiger partial charge on any atom is -0.449 e. The van der Waals surface area contributed by atoms with E-state index < -0.39 is 0 Å². The molecule has 0 aliphatic heterocycles. The molecule has 0 N–H and O–H groups in total. The fourth-order valence-corrected chi connectivity index (χ4v) is 1.86. The Labute approximate surface area is 119 Å². The maximum atomic E-state index is 12.1. The molecule has 2 aromatic rings. The molecule has 0 saturated heterocycles. The van der Waals surface area contributed by atoms with Gasteiger partial charge in [0.2, 0.25) is 0 Å². The van der Waals surface area contributed by atoms with Crippen LogP contribution in [0.3, 0.4) is 0 Å². The lowest BCUT2D eigenvalue weighted by Crippen LogP contribution is -2.31. The van der Waals surface area contributed by atoms with E-state index in [2.05, 4.69) is 4.98 Å². The third-order valence-electron chi connectivity index (χ3n) is 2.90. The van der Waals surface area contributed by atoms with Crippen molar-refractivity contribution >= 4 is 11.8 Å². The topological polar surface area (TPSA) is 42.4 Å². The summed E-state index contributed by atoms with van der Waals surface area (Å²) in [5.74, 6) is 0. The lowest BCUT2D eigenvalue weighted by Gasteiger charge is -2.22. The van der Waals surface area contributed by atoms with Gasteiger partial charge < -0.3 is 4.74 Å². The van der Waals surface area contributed by atoms with Gasteiger partial charge in [0.15, 0.2) is 0 Å². The van der Waals surface area contributed by atoms with E-state index in [9.17, 15) is 4.79 Å². The fraction of sp³-hybridized carbons (Fsp3) is 0.250. The molecule has 0 unspecified atom stereocenters. The van der Waals surface area contributed by atoms with Gasteiger partial charge in [-0.25, -0.2) is 4.79 Å². The Morgan fingerprint density at radius 1 is 1.25 bits per heavy atom. The van der Waals surface area contributed by atoms with Crippen LogP contribution < -0.4 is 4.90 Å². The summed E-state index contributed by atoms with van der Waals surface area (Å²) in [6.45, 7) is 4.61. The van der Waals surface area contributed by atoms with Crippen LogP contribution in [-0.2, 0) is 11.3 Å². The summed E-state index contributed by atoms with van der Waals surface area (Å²) >= 11 is 0. The minimum atomic E-state index is -0.347. The molecule has 0 saturated carbocycles. The fourth-order valence-electron chi connectivity index (χ4n) is 1.86. The second-order valence-electron chi connectivity index (χ2n) is 4.48. The number of carbonyl (C=O) groups excluding carboxylic acids is 1.